The van der Waals surface area contributed by atoms with Crippen molar-refractivity contribution in [2.75, 3.05) is 159 Å². The number of ether oxygens (including phenoxy) is 10. The molecule has 16 nitrogen and oxygen atoms in total. The Morgan fingerprint density at radius 2 is 1.06 bits per heavy atom. The summed E-state index contributed by atoms with van der Waals surface area (Å²) < 4.78 is 52.0. The van der Waals surface area contributed by atoms with E-state index in [1.54, 1.807) is 7.11 Å². The highest BCUT2D eigenvalue weighted by atomic mass is 16.6. The first-order valence-electron chi connectivity index (χ1n) is 16.8. The van der Waals surface area contributed by atoms with Gasteiger partial charge in [-0.3, -0.25) is 9.59 Å². The Labute approximate surface area is 293 Å². The third-order valence-corrected chi connectivity index (χ3v) is 5.55. The summed E-state index contributed by atoms with van der Waals surface area (Å²) in [6.07, 6.45) is 7.12. The molecule has 288 valence electrons. The fraction of sp³-hybridized carbons (Fsp3) is 0.818. The van der Waals surface area contributed by atoms with Crippen LogP contribution in [0.1, 0.15) is 19.8 Å². The molecule has 16 heteroatoms. The fourth-order valence-electron chi connectivity index (χ4n) is 3.08. The number of rotatable bonds is 37. The van der Waals surface area contributed by atoms with Crippen molar-refractivity contribution in [1.29, 1.82) is 0 Å². The van der Waals surface area contributed by atoms with Crippen molar-refractivity contribution in [3.63, 3.8) is 0 Å². The number of terminal acetylenes is 1. The summed E-state index contributed by atoms with van der Waals surface area (Å²) in [4.78, 5) is 22.9. The van der Waals surface area contributed by atoms with E-state index in [2.05, 4.69) is 35.4 Å². The third kappa shape index (κ3) is 45.6. The molecule has 0 heterocycles. The van der Waals surface area contributed by atoms with Crippen LogP contribution in [-0.2, 0) is 57.0 Å². The number of carbonyl (C=O) groups is 2. The van der Waals surface area contributed by atoms with E-state index in [4.69, 9.17) is 59.5 Å². The molecule has 0 radical (unpaired) electrons. The summed E-state index contributed by atoms with van der Waals surface area (Å²) in [6, 6.07) is 0. The summed E-state index contributed by atoms with van der Waals surface area (Å²) in [5.74, 6) is 2.08. The van der Waals surface area contributed by atoms with E-state index in [1.165, 1.54) is 0 Å². The Morgan fingerprint density at radius 1 is 0.612 bits per heavy atom. The Balaban J connectivity index is 0. The van der Waals surface area contributed by atoms with Crippen molar-refractivity contribution < 1.29 is 57.0 Å². The zero-order chi connectivity index (χ0) is 36.3. The number of nitrogens with one attached hydrogen (secondary N) is 3. The second-order valence-electron chi connectivity index (χ2n) is 9.83. The lowest BCUT2D eigenvalue weighted by molar-refractivity contribution is -0.126. The molecular formula is C33H64N4O12. The third-order valence-electron chi connectivity index (χ3n) is 5.55. The zero-order valence-corrected chi connectivity index (χ0v) is 29.9. The highest BCUT2D eigenvalue weighted by molar-refractivity contribution is 5.77. The average Bonchev–Trinajstić information content (AvgIpc) is 3.10. The molecule has 49 heavy (non-hydrogen) atoms. The Kier molecular flexibility index (Phi) is 43.4. The van der Waals surface area contributed by atoms with Gasteiger partial charge in [-0.25, -0.2) is 0 Å². The molecule has 0 aromatic heterocycles. The van der Waals surface area contributed by atoms with Gasteiger partial charge in [-0.1, -0.05) is 25.8 Å². The number of methoxy groups -OCH3 is 1. The van der Waals surface area contributed by atoms with Gasteiger partial charge in [0.2, 0.25) is 11.8 Å². The van der Waals surface area contributed by atoms with Gasteiger partial charge in [0.1, 0.15) is 19.8 Å². The van der Waals surface area contributed by atoms with Gasteiger partial charge in [-0.05, 0) is 6.42 Å². The number of nitrogens with two attached hydrogens (primary N) is 1. The molecule has 0 aliphatic heterocycles. The first-order chi connectivity index (χ1) is 24.0. The molecule has 5 N–H and O–H groups in total. The number of carbonyl (C=O) groups excluding carboxylic acids is 2. The van der Waals surface area contributed by atoms with E-state index < -0.39 is 0 Å². The van der Waals surface area contributed by atoms with Crippen LogP contribution in [0.4, 0.5) is 0 Å². The van der Waals surface area contributed by atoms with E-state index in [9.17, 15) is 9.59 Å². The van der Waals surface area contributed by atoms with E-state index >= 15 is 0 Å². The van der Waals surface area contributed by atoms with E-state index in [1.807, 2.05) is 0 Å². The zero-order valence-electron chi connectivity index (χ0n) is 29.9. The summed E-state index contributed by atoms with van der Waals surface area (Å²) in [6.45, 7) is 16.2. The highest BCUT2D eigenvalue weighted by Crippen LogP contribution is 1.87. The number of hydrogen-bond acceptors (Lipinski definition) is 14. The minimum atomic E-state index is -0.220. The fourth-order valence-corrected chi connectivity index (χ4v) is 3.08. The molecule has 0 spiro atoms. The van der Waals surface area contributed by atoms with Crippen LogP contribution in [0.25, 0.3) is 0 Å². The van der Waals surface area contributed by atoms with Crippen LogP contribution in [0, 0.1) is 12.3 Å². The first-order valence-corrected chi connectivity index (χ1v) is 16.8. The van der Waals surface area contributed by atoms with Crippen molar-refractivity contribution in [2.24, 2.45) is 5.73 Å². The summed E-state index contributed by atoms with van der Waals surface area (Å²) in [5.41, 5.74) is 5.95. The lowest BCUT2D eigenvalue weighted by atomic mass is 10.3. The van der Waals surface area contributed by atoms with E-state index in [0.717, 1.165) is 12.8 Å². The molecule has 0 atom stereocenters. The predicted molar refractivity (Wildman–Crippen MR) is 185 cm³/mol. The van der Waals surface area contributed by atoms with Crippen molar-refractivity contribution in [1.82, 2.24) is 16.0 Å². The monoisotopic (exact) mass is 708 g/mol. The predicted octanol–water partition coefficient (Wildman–Crippen LogP) is -0.504. The Bertz CT molecular complexity index is 774. The van der Waals surface area contributed by atoms with Gasteiger partial charge < -0.3 is 69.1 Å². The summed E-state index contributed by atoms with van der Waals surface area (Å²) in [5, 5.41) is 8.57. The molecule has 0 saturated carbocycles. The van der Waals surface area contributed by atoms with Crippen LogP contribution in [0.5, 0.6) is 0 Å². The minimum Gasteiger partial charge on any atom is -0.385 e. The maximum atomic E-state index is 11.7. The van der Waals surface area contributed by atoms with Crippen LogP contribution in [0.15, 0.2) is 12.3 Å². The minimum absolute atomic E-state index is 0.0359. The van der Waals surface area contributed by atoms with Crippen LogP contribution >= 0.6 is 0 Å². The van der Waals surface area contributed by atoms with Gasteiger partial charge in [-0.2, -0.15) is 0 Å². The van der Waals surface area contributed by atoms with Crippen molar-refractivity contribution >= 4 is 11.8 Å². The average molecular weight is 709 g/mol. The van der Waals surface area contributed by atoms with E-state index in [-0.39, 0.29) is 31.6 Å². The first kappa shape index (κ1) is 48.7. The van der Waals surface area contributed by atoms with Crippen LogP contribution in [0.3, 0.4) is 0 Å². The topological polar surface area (TPSA) is 189 Å². The van der Waals surface area contributed by atoms with Crippen LogP contribution in [0.2, 0.25) is 0 Å². The Morgan fingerprint density at radius 3 is 1.55 bits per heavy atom. The molecule has 2 amide bonds. The van der Waals surface area contributed by atoms with Gasteiger partial charge in [0.15, 0.2) is 0 Å². The van der Waals surface area contributed by atoms with Gasteiger partial charge in [0.25, 0.3) is 0 Å². The van der Waals surface area contributed by atoms with E-state index in [0.29, 0.717) is 138 Å². The second kappa shape index (κ2) is 43.6. The summed E-state index contributed by atoms with van der Waals surface area (Å²) in [7, 11) is 1.63. The number of amides is 2. The van der Waals surface area contributed by atoms with Gasteiger partial charge in [0.05, 0.1) is 112 Å². The molecule has 0 aliphatic carbocycles. The molecule has 0 unspecified atom stereocenters. The maximum absolute atomic E-state index is 11.7. The van der Waals surface area contributed by atoms with Gasteiger partial charge in [0, 0.05) is 32.4 Å². The molecule has 0 aliphatic rings. The quantitative estimate of drug-likeness (QED) is 0.0478. The lowest BCUT2D eigenvalue weighted by Gasteiger charge is -2.11. The molecule has 0 bridgehead atoms. The normalized spacial score (nSPS) is 10.6. The second-order valence-corrected chi connectivity index (χ2v) is 9.83. The van der Waals surface area contributed by atoms with Gasteiger partial charge >= 0.3 is 0 Å². The van der Waals surface area contributed by atoms with Gasteiger partial charge in [-0.15, -0.1) is 6.42 Å². The van der Waals surface area contributed by atoms with Crippen molar-refractivity contribution in [3.05, 3.63) is 12.3 Å². The summed E-state index contributed by atoms with van der Waals surface area (Å²) >= 11 is 0. The van der Waals surface area contributed by atoms with Crippen LogP contribution < -0.4 is 21.7 Å². The largest absolute Gasteiger partial charge is 0.385 e. The SMILES string of the molecule is C#CCOCCOCCOCCOCC(=O)NCC(=C)NCCOCCOCCOC.CCCCNC(=O)COCCOCCOCCN. The van der Waals surface area contributed by atoms with Crippen molar-refractivity contribution in [3.8, 4) is 12.3 Å². The molecule has 0 saturated heterocycles. The van der Waals surface area contributed by atoms with Crippen LogP contribution in [-0.4, -0.2) is 171 Å². The molecule has 0 aromatic carbocycles. The highest BCUT2D eigenvalue weighted by Gasteiger charge is 2.03. The smallest absolute Gasteiger partial charge is 0.246 e. The maximum Gasteiger partial charge on any atom is 0.246 e. The van der Waals surface area contributed by atoms with Crippen molar-refractivity contribution in [2.45, 2.75) is 19.8 Å². The molecular weight excluding hydrogens is 644 g/mol. The number of unbranched alkanes of at least 4 members (excludes halogenated alkanes) is 1. The number of hydrogen-bond donors (Lipinski definition) is 4. The standard InChI is InChI=1S/C21H38N2O8.C12H26N2O4/c1-4-6-26-10-12-29-14-15-30-16-17-31-19-21(24)23-18-20(2)22-5-7-27-11-13-28-9-8-25-3;1-2-3-5-14-12(15)11-18-10-9-17-8-7-16-6-4-13/h1,22H,2,5-19H2,3H3,(H,23,24);2-11,13H2,1H3,(H,14,15). The molecule has 0 fully saturated rings. The molecule has 0 aromatic rings. The lowest BCUT2D eigenvalue weighted by Crippen LogP contribution is -2.33. The Hall–Kier alpha value is -2.40. The molecule has 0 rings (SSSR count).